The Bertz CT molecular complexity index is 528. The smallest absolute Gasteiger partial charge is 0.270 e. The Morgan fingerprint density at radius 2 is 2.41 bits per heavy atom. The molecule has 5 nitrogen and oxygen atoms in total. The van der Waals surface area contributed by atoms with Crippen LogP contribution in [0, 0.1) is 5.41 Å². The standard InChI is InChI=1S/C17H26N2O3/c1-3-21-13-17-8-5-11-22-15(17)7-10-19(12-17)16(20)14-6-4-9-18(14)2/h4,6,9,15H,3,5,7-8,10-13H2,1-2H3/t15-,17-/m1/s1. The van der Waals surface area contributed by atoms with Crippen molar-refractivity contribution in [3.63, 3.8) is 0 Å². The van der Waals surface area contributed by atoms with E-state index in [9.17, 15) is 4.79 Å². The maximum atomic E-state index is 12.8. The third-order valence-corrected chi connectivity index (χ3v) is 5.03. The molecule has 2 fully saturated rings. The van der Waals surface area contributed by atoms with Crippen molar-refractivity contribution in [2.24, 2.45) is 12.5 Å². The van der Waals surface area contributed by atoms with Crippen molar-refractivity contribution in [1.29, 1.82) is 0 Å². The van der Waals surface area contributed by atoms with E-state index in [2.05, 4.69) is 0 Å². The fourth-order valence-electron chi connectivity index (χ4n) is 3.82. The molecule has 0 radical (unpaired) electrons. The molecule has 1 aromatic heterocycles. The van der Waals surface area contributed by atoms with E-state index in [-0.39, 0.29) is 17.4 Å². The molecule has 0 N–H and O–H groups in total. The predicted molar refractivity (Wildman–Crippen MR) is 83.8 cm³/mol. The summed E-state index contributed by atoms with van der Waals surface area (Å²) in [5.74, 6) is 0.118. The van der Waals surface area contributed by atoms with Gasteiger partial charge in [0.25, 0.3) is 5.91 Å². The molecule has 1 amide bonds. The number of likely N-dealkylation sites (tertiary alicyclic amines) is 1. The molecule has 0 aliphatic carbocycles. The lowest BCUT2D eigenvalue weighted by Gasteiger charge is -2.50. The van der Waals surface area contributed by atoms with E-state index in [0.717, 1.165) is 44.7 Å². The van der Waals surface area contributed by atoms with E-state index < -0.39 is 0 Å². The van der Waals surface area contributed by atoms with Gasteiger partial charge in [0.15, 0.2) is 0 Å². The number of nitrogens with zero attached hydrogens (tertiary/aromatic N) is 2. The number of piperidine rings is 1. The summed E-state index contributed by atoms with van der Waals surface area (Å²) in [6, 6.07) is 3.81. The zero-order valence-corrected chi connectivity index (χ0v) is 13.6. The van der Waals surface area contributed by atoms with Gasteiger partial charge in [0.05, 0.1) is 12.7 Å². The summed E-state index contributed by atoms with van der Waals surface area (Å²) >= 11 is 0. The molecule has 122 valence electrons. The van der Waals surface area contributed by atoms with Crippen LogP contribution in [0.4, 0.5) is 0 Å². The summed E-state index contributed by atoms with van der Waals surface area (Å²) in [5, 5.41) is 0. The average Bonchev–Trinajstić information content (AvgIpc) is 2.97. The minimum atomic E-state index is -0.0344. The number of hydrogen-bond donors (Lipinski definition) is 0. The number of aromatic nitrogens is 1. The van der Waals surface area contributed by atoms with Gasteiger partial charge in [-0.05, 0) is 38.3 Å². The van der Waals surface area contributed by atoms with Crippen LogP contribution < -0.4 is 0 Å². The topological polar surface area (TPSA) is 43.7 Å². The first-order chi connectivity index (χ1) is 10.7. The molecule has 3 rings (SSSR count). The maximum Gasteiger partial charge on any atom is 0.270 e. The minimum Gasteiger partial charge on any atom is -0.381 e. The average molecular weight is 306 g/mol. The quantitative estimate of drug-likeness (QED) is 0.855. The largest absolute Gasteiger partial charge is 0.381 e. The second kappa shape index (κ2) is 6.42. The molecule has 2 atom stereocenters. The lowest BCUT2D eigenvalue weighted by atomic mass is 9.73. The zero-order valence-electron chi connectivity index (χ0n) is 13.6. The number of carbonyl (C=O) groups is 1. The van der Waals surface area contributed by atoms with Crippen molar-refractivity contribution in [3.05, 3.63) is 24.0 Å². The molecule has 2 aliphatic rings. The predicted octanol–water partition coefficient (Wildman–Crippen LogP) is 2.07. The third-order valence-electron chi connectivity index (χ3n) is 5.03. The lowest BCUT2D eigenvalue weighted by Crippen LogP contribution is -2.58. The number of carbonyl (C=O) groups excluding carboxylic acids is 1. The van der Waals surface area contributed by atoms with E-state index in [1.807, 2.05) is 41.8 Å². The van der Waals surface area contributed by atoms with E-state index >= 15 is 0 Å². The highest BCUT2D eigenvalue weighted by Gasteiger charge is 2.47. The Labute approximate surface area is 132 Å². The number of fused-ring (bicyclic) bond motifs is 1. The van der Waals surface area contributed by atoms with Crippen LogP contribution >= 0.6 is 0 Å². The van der Waals surface area contributed by atoms with Gasteiger partial charge in [0, 0.05) is 45.0 Å². The molecule has 2 saturated heterocycles. The number of hydrogen-bond acceptors (Lipinski definition) is 3. The van der Waals surface area contributed by atoms with Crippen LogP contribution in [0.15, 0.2) is 18.3 Å². The van der Waals surface area contributed by atoms with Gasteiger partial charge >= 0.3 is 0 Å². The summed E-state index contributed by atoms with van der Waals surface area (Å²) in [5.41, 5.74) is 0.717. The van der Waals surface area contributed by atoms with Gasteiger partial charge < -0.3 is 18.9 Å². The van der Waals surface area contributed by atoms with Gasteiger partial charge in [-0.2, -0.15) is 0 Å². The first kappa shape index (κ1) is 15.6. The molecule has 3 heterocycles. The molecule has 0 aromatic carbocycles. The summed E-state index contributed by atoms with van der Waals surface area (Å²) in [6.07, 6.45) is 5.18. The Hall–Kier alpha value is -1.33. The highest BCUT2D eigenvalue weighted by molar-refractivity contribution is 5.92. The van der Waals surface area contributed by atoms with Crippen molar-refractivity contribution in [2.75, 3.05) is 32.9 Å². The van der Waals surface area contributed by atoms with Gasteiger partial charge in [0.1, 0.15) is 5.69 Å². The highest BCUT2D eigenvalue weighted by atomic mass is 16.5. The SMILES string of the molecule is CCOC[C@]12CCCO[C@@H]1CCN(C(=O)c1cccn1C)C2. The first-order valence-electron chi connectivity index (χ1n) is 8.26. The van der Waals surface area contributed by atoms with Gasteiger partial charge in [-0.15, -0.1) is 0 Å². The van der Waals surface area contributed by atoms with E-state index in [4.69, 9.17) is 9.47 Å². The van der Waals surface area contributed by atoms with Crippen LogP contribution in [0.1, 0.15) is 36.7 Å². The third kappa shape index (κ3) is 2.79. The van der Waals surface area contributed by atoms with E-state index in [1.165, 1.54) is 0 Å². The van der Waals surface area contributed by atoms with Crippen LogP contribution in [-0.4, -0.2) is 54.4 Å². The van der Waals surface area contributed by atoms with Crippen molar-refractivity contribution < 1.29 is 14.3 Å². The van der Waals surface area contributed by atoms with Crippen molar-refractivity contribution >= 4 is 5.91 Å². The number of ether oxygens (including phenoxy) is 2. The maximum absolute atomic E-state index is 12.8. The second-order valence-corrected chi connectivity index (χ2v) is 6.48. The lowest BCUT2D eigenvalue weighted by molar-refractivity contribution is -0.146. The summed E-state index contributed by atoms with van der Waals surface area (Å²) in [6.45, 7) is 5.75. The van der Waals surface area contributed by atoms with Crippen molar-refractivity contribution in [2.45, 2.75) is 32.3 Å². The molecule has 22 heavy (non-hydrogen) atoms. The van der Waals surface area contributed by atoms with Crippen molar-refractivity contribution in [1.82, 2.24) is 9.47 Å². The van der Waals surface area contributed by atoms with Crippen molar-refractivity contribution in [3.8, 4) is 0 Å². The molecule has 0 spiro atoms. The molecular weight excluding hydrogens is 280 g/mol. The van der Waals surface area contributed by atoms with Crippen LogP contribution in [0.25, 0.3) is 0 Å². The normalized spacial score (nSPS) is 28.5. The molecule has 0 bridgehead atoms. The Kier molecular flexibility index (Phi) is 4.54. The van der Waals surface area contributed by atoms with Crippen LogP contribution in [0.3, 0.4) is 0 Å². The Morgan fingerprint density at radius 1 is 1.55 bits per heavy atom. The zero-order chi connectivity index (χ0) is 15.6. The second-order valence-electron chi connectivity index (χ2n) is 6.48. The number of rotatable bonds is 4. The van der Waals surface area contributed by atoms with E-state index in [0.29, 0.717) is 13.2 Å². The molecule has 5 heteroatoms. The van der Waals surface area contributed by atoms with Gasteiger partial charge in [-0.3, -0.25) is 4.79 Å². The van der Waals surface area contributed by atoms with E-state index in [1.54, 1.807) is 0 Å². The Balaban J connectivity index is 1.78. The number of aryl methyl sites for hydroxylation is 1. The monoisotopic (exact) mass is 306 g/mol. The first-order valence-corrected chi connectivity index (χ1v) is 8.26. The van der Waals surface area contributed by atoms with Crippen LogP contribution in [0.2, 0.25) is 0 Å². The van der Waals surface area contributed by atoms with Gasteiger partial charge in [-0.1, -0.05) is 0 Å². The highest BCUT2D eigenvalue weighted by Crippen LogP contribution is 2.40. The fraction of sp³-hybridized carbons (Fsp3) is 0.706. The molecule has 1 aromatic rings. The number of amides is 1. The van der Waals surface area contributed by atoms with Crippen LogP contribution in [0.5, 0.6) is 0 Å². The van der Waals surface area contributed by atoms with Gasteiger partial charge in [-0.25, -0.2) is 0 Å². The van der Waals surface area contributed by atoms with Crippen LogP contribution in [-0.2, 0) is 16.5 Å². The molecule has 0 saturated carbocycles. The molecular formula is C17H26N2O3. The minimum absolute atomic E-state index is 0.0344. The molecule has 2 aliphatic heterocycles. The molecule has 0 unspecified atom stereocenters. The summed E-state index contributed by atoms with van der Waals surface area (Å²) in [7, 11) is 1.92. The fourth-order valence-corrected chi connectivity index (χ4v) is 3.82. The Morgan fingerprint density at radius 3 is 3.14 bits per heavy atom. The summed E-state index contributed by atoms with van der Waals surface area (Å²) in [4.78, 5) is 14.8. The van der Waals surface area contributed by atoms with Gasteiger partial charge in [0.2, 0.25) is 0 Å². The summed E-state index contributed by atoms with van der Waals surface area (Å²) < 4.78 is 13.6.